The van der Waals surface area contributed by atoms with Crippen molar-refractivity contribution in [3.63, 3.8) is 0 Å². The van der Waals surface area contributed by atoms with Gasteiger partial charge in [-0.25, -0.2) is 9.18 Å². The Hall–Kier alpha value is -2.73. The van der Waals surface area contributed by atoms with Gasteiger partial charge in [0, 0.05) is 12.1 Å². The number of rotatable bonds is 5. The molecule has 0 bridgehead atoms. The molecule has 0 saturated carbocycles. The molecule has 23 heavy (non-hydrogen) atoms. The van der Waals surface area contributed by atoms with Crippen LogP contribution in [0.25, 0.3) is 6.08 Å². The number of nitro benzene ring substituents is 1. The summed E-state index contributed by atoms with van der Waals surface area (Å²) < 4.78 is 17.7. The third-order valence-corrected chi connectivity index (χ3v) is 3.19. The van der Waals surface area contributed by atoms with Crippen molar-refractivity contribution in [3.8, 4) is 0 Å². The van der Waals surface area contributed by atoms with E-state index in [-0.39, 0.29) is 23.1 Å². The molecule has 0 N–H and O–H groups in total. The van der Waals surface area contributed by atoms with Crippen molar-refractivity contribution in [2.45, 2.75) is 6.61 Å². The van der Waals surface area contributed by atoms with E-state index in [4.69, 9.17) is 16.3 Å². The lowest BCUT2D eigenvalue weighted by molar-refractivity contribution is -0.384. The molecular formula is C16H11ClFNO4. The number of hydrogen-bond donors (Lipinski definition) is 0. The first-order valence-corrected chi connectivity index (χ1v) is 6.87. The second-order valence-electron chi connectivity index (χ2n) is 4.54. The van der Waals surface area contributed by atoms with Crippen LogP contribution < -0.4 is 0 Å². The van der Waals surface area contributed by atoms with Crippen molar-refractivity contribution in [3.05, 3.63) is 80.6 Å². The monoisotopic (exact) mass is 335 g/mol. The summed E-state index contributed by atoms with van der Waals surface area (Å²) in [5.41, 5.74) is 0.851. The highest BCUT2D eigenvalue weighted by Crippen LogP contribution is 2.25. The van der Waals surface area contributed by atoms with E-state index in [0.717, 1.165) is 6.08 Å². The third kappa shape index (κ3) is 4.89. The SMILES string of the molecule is O=C(/C=C/c1ccc(Cl)c([N+](=O)[O-])c1)OCc1ccc(F)cc1. The maximum atomic E-state index is 12.7. The number of benzene rings is 2. The molecule has 0 aliphatic rings. The lowest BCUT2D eigenvalue weighted by Crippen LogP contribution is -2.00. The fraction of sp³-hybridized carbons (Fsp3) is 0.0625. The van der Waals surface area contributed by atoms with Crippen LogP contribution in [-0.4, -0.2) is 10.9 Å². The molecule has 0 saturated heterocycles. The first-order chi connectivity index (χ1) is 11.0. The van der Waals surface area contributed by atoms with E-state index in [1.165, 1.54) is 42.5 Å². The minimum absolute atomic E-state index is 0.00419. The number of ether oxygens (including phenoxy) is 1. The van der Waals surface area contributed by atoms with Gasteiger partial charge >= 0.3 is 5.97 Å². The molecule has 2 aromatic rings. The molecule has 5 nitrogen and oxygen atoms in total. The predicted molar refractivity (Wildman–Crippen MR) is 83.3 cm³/mol. The molecular weight excluding hydrogens is 325 g/mol. The maximum Gasteiger partial charge on any atom is 0.331 e. The van der Waals surface area contributed by atoms with Crippen LogP contribution in [0.3, 0.4) is 0 Å². The molecule has 0 atom stereocenters. The van der Waals surface area contributed by atoms with Crippen molar-refractivity contribution in [2.75, 3.05) is 0 Å². The van der Waals surface area contributed by atoms with Crippen molar-refractivity contribution >= 4 is 29.3 Å². The highest BCUT2D eigenvalue weighted by molar-refractivity contribution is 6.32. The van der Waals surface area contributed by atoms with E-state index in [9.17, 15) is 19.3 Å². The lowest BCUT2D eigenvalue weighted by atomic mass is 10.2. The third-order valence-electron chi connectivity index (χ3n) is 2.87. The zero-order valence-electron chi connectivity index (χ0n) is 11.7. The average molecular weight is 336 g/mol. The van der Waals surface area contributed by atoms with Gasteiger partial charge in [0.05, 0.1) is 4.92 Å². The summed E-state index contributed by atoms with van der Waals surface area (Å²) in [5.74, 6) is -0.990. The largest absolute Gasteiger partial charge is 0.458 e. The fourth-order valence-corrected chi connectivity index (χ4v) is 1.91. The van der Waals surface area contributed by atoms with Crippen molar-refractivity contribution in [2.24, 2.45) is 0 Å². The molecule has 0 amide bonds. The van der Waals surface area contributed by atoms with Crippen LogP contribution in [0.2, 0.25) is 5.02 Å². The molecule has 0 aliphatic carbocycles. The minimum Gasteiger partial charge on any atom is -0.458 e. The molecule has 0 radical (unpaired) electrons. The molecule has 7 heteroatoms. The van der Waals surface area contributed by atoms with Crippen molar-refractivity contribution in [1.82, 2.24) is 0 Å². The highest BCUT2D eigenvalue weighted by atomic mass is 35.5. The summed E-state index contributed by atoms with van der Waals surface area (Å²) in [6, 6.07) is 9.73. The molecule has 2 rings (SSSR count). The van der Waals surface area contributed by atoms with E-state index in [0.29, 0.717) is 11.1 Å². The average Bonchev–Trinajstić information content (AvgIpc) is 2.53. The van der Waals surface area contributed by atoms with E-state index in [1.54, 1.807) is 6.07 Å². The van der Waals surface area contributed by atoms with Crippen LogP contribution in [0, 0.1) is 15.9 Å². The van der Waals surface area contributed by atoms with Gasteiger partial charge in [-0.15, -0.1) is 0 Å². The Balaban J connectivity index is 1.97. The van der Waals surface area contributed by atoms with Gasteiger partial charge in [-0.2, -0.15) is 0 Å². The number of halogens is 2. The molecule has 0 spiro atoms. The fourth-order valence-electron chi connectivity index (χ4n) is 1.72. The Morgan fingerprint density at radius 2 is 1.96 bits per heavy atom. The highest BCUT2D eigenvalue weighted by Gasteiger charge is 2.11. The van der Waals surface area contributed by atoms with Crippen LogP contribution in [0.4, 0.5) is 10.1 Å². The Bertz CT molecular complexity index is 759. The van der Waals surface area contributed by atoms with Gasteiger partial charge in [0.25, 0.3) is 5.69 Å². The summed E-state index contributed by atoms with van der Waals surface area (Å²) in [7, 11) is 0. The van der Waals surface area contributed by atoms with Crippen molar-refractivity contribution < 1.29 is 18.8 Å². The Morgan fingerprint density at radius 1 is 1.26 bits per heavy atom. The number of nitrogens with zero attached hydrogens (tertiary/aromatic N) is 1. The Labute approximate surface area is 136 Å². The number of esters is 1. The van der Waals surface area contributed by atoms with Gasteiger partial charge in [-0.05, 0) is 35.4 Å². The number of nitro groups is 1. The Kier molecular flexibility index (Phi) is 5.43. The smallest absolute Gasteiger partial charge is 0.331 e. The van der Waals surface area contributed by atoms with Crippen LogP contribution in [0.15, 0.2) is 48.5 Å². The van der Waals surface area contributed by atoms with Crippen molar-refractivity contribution in [1.29, 1.82) is 0 Å². The van der Waals surface area contributed by atoms with Crippen LogP contribution in [0.1, 0.15) is 11.1 Å². The lowest BCUT2D eigenvalue weighted by Gasteiger charge is -2.02. The molecule has 0 unspecified atom stereocenters. The topological polar surface area (TPSA) is 69.4 Å². The van der Waals surface area contributed by atoms with Gasteiger partial charge in [0.15, 0.2) is 0 Å². The first kappa shape index (κ1) is 16.6. The summed E-state index contributed by atoms with van der Waals surface area (Å²) >= 11 is 5.70. The molecule has 2 aromatic carbocycles. The van der Waals surface area contributed by atoms with Gasteiger partial charge in [-0.1, -0.05) is 29.8 Å². The molecule has 0 heterocycles. The predicted octanol–water partition coefficient (Wildman–Crippen LogP) is 4.14. The first-order valence-electron chi connectivity index (χ1n) is 6.49. The van der Waals surface area contributed by atoms with Gasteiger partial charge in [-0.3, -0.25) is 10.1 Å². The van der Waals surface area contributed by atoms with Gasteiger partial charge < -0.3 is 4.74 Å². The number of hydrogen-bond acceptors (Lipinski definition) is 4. The van der Waals surface area contributed by atoms with E-state index in [1.807, 2.05) is 0 Å². The summed E-state index contributed by atoms with van der Waals surface area (Å²) in [6.07, 6.45) is 2.53. The normalized spacial score (nSPS) is 10.7. The standard InChI is InChI=1S/C16H11ClFNO4/c17-14-7-3-11(9-15(14)19(21)22)4-8-16(20)23-10-12-1-5-13(18)6-2-12/h1-9H,10H2/b8-4+. The van der Waals surface area contributed by atoms with Crippen LogP contribution in [0.5, 0.6) is 0 Å². The molecule has 0 aromatic heterocycles. The van der Waals surface area contributed by atoms with Gasteiger partial charge in [0.2, 0.25) is 0 Å². The van der Waals surface area contributed by atoms with Crippen LogP contribution in [-0.2, 0) is 16.1 Å². The minimum atomic E-state index is -0.619. The van der Waals surface area contributed by atoms with E-state index >= 15 is 0 Å². The zero-order valence-corrected chi connectivity index (χ0v) is 12.5. The molecule has 118 valence electrons. The summed E-state index contributed by atoms with van der Waals surface area (Å²) in [5, 5.41) is 10.8. The molecule has 0 aliphatic heterocycles. The summed E-state index contributed by atoms with van der Waals surface area (Å²) in [4.78, 5) is 21.8. The summed E-state index contributed by atoms with van der Waals surface area (Å²) in [6.45, 7) is 0.00419. The zero-order chi connectivity index (χ0) is 16.8. The number of carbonyl (C=O) groups is 1. The van der Waals surface area contributed by atoms with E-state index < -0.39 is 10.9 Å². The maximum absolute atomic E-state index is 12.7. The second-order valence-corrected chi connectivity index (χ2v) is 4.94. The molecule has 0 fully saturated rings. The quantitative estimate of drug-likeness (QED) is 0.356. The second kappa shape index (κ2) is 7.51. The number of carbonyl (C=O) groups excluding carboxylic acids is 1. The van der Waals surface area contributed by atoms with Gasteiger partial charge in [0.1, 0.15) is 17.4 Å². The van der Waals surface area contributed by atoms with E-state index in [2.05, 4.69) is 0 Å². The van der Waals surface area contributed by atoms with Crippen LogP contribution >= 0.6 is 11.6 Å². The Morgan fingerprint density at radius 3 is 2.61 bits per heavy atom.